The lowest BCUT2D eigenvalue weighted by molar-refractivity contribution is 1.07. The fourth-order valence-corrected chi connectivity index (χ4v) is 20.4. The van der Waals surface area contributed by atoms with E-state index in [1.807, 2.05) is 121 Å². The van der Waals surface area contributed by atoms with Crippen molar-refractivity contribution < 1.29 is 0 Å². The van der Waals surface area contributed by atoms with E-state index in [0.29, 0.717) is 34.9 Å². The van der Waals surface area contributed by atoms with Gasteiger partial charge in [0.25, 0.3) is 0 Å². The maximum absolute atomic E-state index is 4.99. The van der Waals surface area contributed by atoms with Crippen molar-refractivity contribution >= 4 is 130 Å². The largest absolute Gasteiger partial charge is 0.309 e. The molecule has 0 aliphatic rings. The second-order valence-corrected chi connectivity index (χ2v) is 34.4. The summed E-state index contributed by atoms with van der Waals surface area (Å²) in [4.78, 5) is 29.7. The smallest absolute Gasteiger partial charge is 0.164 e. The zero-order chi connectivity index (χ0) is 88.3. The summed E-state index contributed by atoms with van der Waals surface area (Å²) in [7, 11) is 0. The molecule has 0 atom stereocenters. The summed E-state index contributed by atoms with van der Waals surface area (Å²) >= 11 is 0. The second-order valence-electron chi connectivity index (χ2n) is 34.4. The van der Waals surface area contributed by atoms with Gasteiger partial charge in [0.1, 0.15) is 0 Å². The first kappa shape index (κ1) is 77.1. The highest BCUT2D eigenvalue weighted by molar-refractivity contribution is 6.26. The molecule has 21 aromatic carbocycles. The SMILES string of the molecule is c1ccc(-c2nc(-c3ccccc3)nc(-c3ccc(-n4c5ccccc5c5cc(-c6ccc7c8ccccc8n(-c8ccc(-c9cccc%10ccccc9%10)cc8)c7c6)ccc54)cc3)n2)cc1.c1ccc(-c2nc(-c3ccccc3)nc(-c3ccc(-n4c5ccccc5c5cc(-c6ccc7c8ccccc8n(-c8ccc9c%10ccccc%10c%10ccccc%10c9c8)c7c6)ccc54)cc3)n2)cc1. The number of nitrogens with zero attached hydrogens (tertiary/aromatic N) is 10. The van der Waals surface area contributed by atoms with Crippen LogP contribution in [0, 0.1) is 0 Å². The summed E-state index contributed by atoms with van der Waals surface area (Å²) in [5.74, 6) is 3.86. The molecule has 134 heavy (non-hydrogen) atoms. The maximum atomic E-state index is 4.99. The molecule has 10 nitrogen and oxygen atoms in total. The average molecular weight is 1710 g/mol. The van der Waals surface area contributed by atoms with Crippen molar-refractivity contribution in [2.24, 2.45) is 0 Å². The fraction of sp³-hybridized carbons (Fsp3) is 0. The van der Waals surface area contributed by atoms with Gasteiger partial charge in [-0.25, -0.2) is 29.9 Å². The summed E-state index contributed by atoms with van der Waals surface area (Å²) in [5, 5.41) is 19.9. The van der Waals surface area contributed by atoms with Crippen molar-refractivity contribution in [3.05, 3.63) is 473 Å². The molecule has 0 spiro atoms. The Kier molecular flexibility index (Phi) is 18.4. The van der Waals surface area contributed by atoms with E-state index in [1.165, 1.54) is 142 Å². The summed E-state index contributed by atoms with van der Waals surface area (Å²) in [6.45, 7) is 0. The maximum Gasteiger partial charge on any atom is 0.164 e. The van der Waals surface area contributed by atoms with E-state index >= 15 is 0 Å². The highest BCUT2D eigenvalue weighted by Gasteiger charge is 2.24. The molecule has 0 N–H and O–H groups in total. The minimum absolute atomic E-state index is 0.634. The topological polar surface area (TPSA) is 97.1 Å². The van der Waals surface area contributed by atoms with Crippen LogP contribution in [0.2, 0.25) is 0 Å². The zero-order valence-corrected chi connectivity index (χ0v) is 72.5. The van der Waals surface area contributed by atoms with Gasteiger partial charge in [0.15, 0.2) is 34.9 Å². The lowest BCUT2D eigenvalue weighted by Crippen LogP contribution is -2.00. The zero-order valence-electron chi connectivity index (χ0n) is 72.5. The molecular formula is C124H78N10. The van der Waals surface area contributed by atoms with Gasteiger partial charge in [0.05, 0.1) is 44.1 Å². The molecule has 0 amide bonds. The Bertz CT molecular complexity index is 9190. The van der Waals surface area contributed by atoms with Crippen LogP contribution in [0.5, 0.6) is 0 Å². The number of para-hydroxylation sites is 4. The molecule has 0 unspecified atom stereocenters. The predicted molar refractivity (Wildman–Crippen MR) is 556 cm³/mol. The van der Waals surface area contributed by atoms with Crippen molar-refractivity contribution in [1.82, 2.24) is 48.2 Å². The highest BCUT2D eigenvalue weighted by Crippen LogP contribution is 2.45. The van der Waals surface area contributed by atoms with Gasteiger partial charge in [-0.3, -0.25) is 0 Å². The van der Waals surface area contributed by atoms with Crippen LogP contribution in [-0.2, 0) is 0 Å². The Morgan fingerprint density at radius 3 is 0.746 bits per heavy atom. The summed E-state index contributed by atoms with van der Waals surface area (Å²) < 4.78 is 9.59. The molecule has 10 heteroatoms. The highest BCUT2D eigenvalue weighted by atomic mass is 15.1. The Labute approximate surface area is 770 Å². The Morgan fingerprint density at radius 2 is 0.358 bits per heavy atom. The number of rotatable bonds is 13. The number of hydrogen-bond acceptors (Lipinski definition) is 6. The Morgan fingerprint density at radius 1 is 0.119 bits per heavy atom. The lowest BCUT2D eigenvalue weighted by Gasteiger charge is -2.14. The minimum Gasteiger partial charge on any atom is -0.309 e. The third-order valence-corrected chi connectivity index (χ3v) is 26.7. The third-order valence-electron chi connectivity index (χ3n) is 26.7. The van der Waals surface area contributed by atoms with Crippen LogP contribution in [0.3, 0.4) is 0 Å². The number of hydrogen-bond donors (Lipinski definition) is 0. The number of benzene rings is 21. The van der Waals surface area contributed by atoms with Gasteiger partial charge in [-0.15, -0.1) is 0 Å². The second kappa shape index (κ2) is 32.0. The first-order valence-electron chi connectivity index (χ1n) is 45.4. The molecular weight excluding hydrogens is 1630 g/mol. The first-order valence-corrected chi connectivity index (χ1v) is 45.4. The molecule has 0 aliphatic heterocycles. The Hall–Kier alpha value is -18.1. The fourth-order valence-electron chi connectivity index (χ4n) is 20.4. The van der Waals surface area contributed by atoms with Gasteiger partial charge in [0, 0.05) is 99.2 Å². The van der Waals surface area contributed by atoms with Crippen LogP contribution >= 0.6 is 0 Å². The van der Waals surface area contributed by atoms with E-state index in [2.05, 4.69) is 370 Å². The van der Waals surface area contributed by atoms with Crippen molar-refractivity contribution in [3.8, 4) is 124 Å². The number of aromatic nitrogens is 10. The van der Waals surface area contributed by atoms with E-state index in [0.717, 1.165) is 78.2 Å². The molecule has 624 valence electrons. The summed E-state index contributed by atoms with van der Waals surface area (Å²) in [6, 6.07) is 169. The minimum atomic E-state index is 0.634. The summed E-state index contributed by atoms with van der Waals surface area (Å²) in [5.41, 5.74) is 26.5. The normalized spacial score (nSPS) is 11.7. The van der Waals surface area contributed by atoms with E-state index in [9.17, 15) is 0 Å². The van der Waals surface area contributed by atoms with Gasteiger partial charge in [0.2, 0.25) is 0 Å². The van der Waals surface area contributed by atoms with Gasteiger partial charge < -0.3 is 18.3 Å². The van der Waals surface area contributed by atoms with E-state index in [-0.39, 0.29) is 0 Å². The molecule has 6 aromatic heterocycles. The standard InChI is InChI=1S/C63H39N5.C61H39N5/c1-3-15-40(16-4-1)61-64-62(41-17-5-2-6-18-41)66-63(65-61)42-27-31-45(32-28-42)67-58-26-14-12-24-53(58)56-37-43(30-36-59(56)67)44-29-34-54-52-23-11-13-25-57(52)68(60(54)38-44)46-33-35-51-49-21-8-7-19-47(49)48-20-9-10-22-50(48)55(51)39-46;1-3-15-42(16-4-1)59-62-60(43-17-5-2-6-18-43)64-61(63-59)44-28-34-47(35-29-44)65-56-25-12-10-22-52(56)54-38-45(31-37-57(54)65)46-30-36-53-51-21-9-11-24-55(51)66(58(53)39-46)48-32-26-41(27-33-48)50-23-13-19-40-14-7-8-20-49(40)50/h1-39H;1-39H. The monoisotopic (exact) mass is 1710 g/mol. The lowest BCUT2D eigenvalue weighted by atomic mass is 9.94. The number of fused-ring (bicyclic) bond motifs is 19. The molecule has 27 rings (SSSR count). The van der Waals surface area contributed by atoms with Crippen LogP contribution in [-0.4, -0.2) is 48.2 Å². The first-order chi connectivity index (χ1) is 66.4. The molecule has 0 fully saturated rings. The van der Waals surface area contributed by atoms with Gasteiger partial charge >= 0.3 is 0 Å². The van der Waals surface area contributed by atoms with Crippen molar-refractivity contribution in [1.29, 1.82) is 0 Å². The van der Waals surface area contributed by atoms with Crippen LogP contribution in [0.25, 0.3) is 255 Å². The van der Waals surface area contributed by atoms with Crippen LogP contribution in [0.15, 0.2) is 473 Å². The molecule has 6 heterocycles. The van der Waals surface area contributed by atoms with Gasteiger partial charge in [-0.1, -0.05) is 340 Å². The molecule has 0 bridgehead atoms. The van der Waals surface area contributed by atoms with Crippen molar-refractivity contribution in [3.63, 3.8) is 0 Å². The van der Waals surface area contributed by atoms with Gasteiger partial charge in [-0.2, -0.15) is 0 Å². The van der Waals surface area contributed by atoms with Crippen LogP contribution in [0.1, 0.15) is 0 Å². The molecule has 27 aromatic rings. The van der Waals surface area contributed by atoms with Crippen molar-refractivity contribution in [2.45, 2.75) is 0 Å². The van der Waals surface area contributed by atoms with E-state index in [1.54, 1.807) is 0 Å². The Balaban J connectivity index is 0.000000140. The average Bonchev–Trinajstić information content (AvgIpc) is 1.42. The summed E-state index contributed by atoms with van der Waals surface area (Å²) in [6.07, 6.45) is 0. The van der Waals surface area contributed by atoms with Gasteiger partial charge in [-0.05, 0) is 210 Å². The van der Waals surface area contributed by atoms with Crippen LogP contribution < -0.4 is 0 Å². The molecule has 0 saturated heterocycles. The molecule has 0 radical (unpaired) electrons. The van der Waals surface area contributed by atoms with Crippen LogP contribution in [0.4, 0.5) is 0 Å². The molecule has 0 saturated carbocycles. The van der Waals surface area contributed by atoms with Crippen molar-refractivity contribution in [2.75, 3.05) is 0 Å². The van der Waals surface area contributed by atoms with E-state index < -0.39 is 0 Å². The third kappa shape index (κ3) is 13.2. The van der Waals surface area contributed by atoms with E-state index in [4.69, 9.17) is 29.9 Å². The molecule has 0 aliphatic carbocycles. The predicted octanol–water partition coefficient (Wildman–Crippen LogP) is 31.7. The quantitative estimate of drug-likeness (QED) is 0.107.